The predicted molar refractivity (Wildman–Crippen MR) is 73.2 cm³/mol. The van der Waals surface area contributed by atoms with Gasteiger partial charge in [-0.15, -0.1) is 0 Å². The summed E-state index contributed by atoms with van der Waals surface area (Å²) in [6, 6.07) is 8.44. The molecule has 98 valence electrons. The maximum absolute atomic E-state index is 11.1. The van der Waals surface area contributed by atoms with Gasteiger partial charge in [0.25, 0.3) is 0 Å². The summed E-state index contributed by atoms with van der Waals surface area (Å²) in [6.45, 7) is 0.453. The van der Waals surface area contributed by atoms with Crippen molar-refractivity contribution < 1.29 is 14.7 Å². The van der Waals surface area contributed by atoms with Crippen LogP contribution in [0.15, 0.2) is 41.1 Å². The average Bonchev–Trinajstić information content (AvgIpc) is 2.71. The van der Waals surface area contributed by atoms with Gasteiger partial charge in [-0.3, -0.25) is 4.79 Å². The van der Waals surface area contributed by atoms with E-state index in [9.17, 15) is 9.59 Å². The number of hydrogen-bond acceptors (Lipinski definition) is 2. The molecular weight excluding hydrogens is 312 g/mol. The second kappa shape index (κ2) is 5.27. The minimum Gasteiger partial charge on any atom is -0.478 e. The van der Waals surface area contributed by atoms with Crippen LogP contribution in [0.4, 0.5) is 0 Å². The van der Waals surface area contributed by atoms with Crippen LogP contribution in [0.1, 0.15) is 26.3 Å². The SMILES string of the molecule is NC(=O)c1cccc(Cn2cc(C(=O)O)cc2Br)c1. The van der Waals surface area contributed by atoms with Crippen LogP contribution in [-0.2, 0) is 6.54 Å². The van der Waals surface area contributed by atoms with E-state index in [4.69, 9.17) is 10.8 Å². The first-order valence-corrected chi connectivity index (χ1v) is 6.24. The van der Waals surface area contributed by atoms with E-state index < -0.39 is 11.9 Å². The van der Waals surface area contributed by atoms with Crippen LogP contribution in [0.2, 0.25) is 0 Å². The quantitative estimate of drug-likeness (QED) is 0.903. The lowest BCUT2D eigenvalue weighted by molar-refractivity contribution is 0.0696. The lowest BCUT2D eigenvalue weighted by Gasteiger charge is -2.06. The molecule has 0 saturated carbocycles. The molecule has 2 aromatic rings. The van der Waals surface area contributed by atoms with E-state index in [2.05, 4.69) is 15.9 Å². The Kier molecular flexibility index (Phi) is 3.71. The van der Waals surface area contributed by atoms with Crippen LogP contribution < -0.4 is 5.73 Å². The number of rotatable bonds is 4. The van der Waals surface area contributed by atoms with Crippen molar-refractivity contribution in [2.75, 3.05) is 0 Å². The molecule has 0 radical (unpaired) electrons. The monoisotopic (exact) mass is 322 g/mol. The molecule has 6 heteroatoms. The minimum atomic E-state index is -0.981. The Morgan fingerprint density at radius 1 is 1.26 bits per heavy atom. The highest BCUT2D eigenvalue weighted by molar-refractivity contribution is 9.10. The van der Waals surface area contributed by atoms with E-state index >= 15 is 0 Å². The van der Waals surface area contributed by atoms with Gasteiger partial charge in [-0.25, -0.2) is 4.79 Å². The van der Waals surface area contributed by atoms with Crippen molar-refractivity contribution in [3.8, 4) is 0 Å². The van der Waals surface area contributed by atoms with Crippen LogP contribution in [0.3, 0.4) is 0 Å². The highest BCUT2D eigenvalue weighted by Crippen LogP contribution is 2.18. The second-order valence-electron chi connectivity index (χ2n) is 4.05. The summed E-state index contributed by atoms with van der Waals surface area (Å²) >= 11 is 3.30. The van der Waals surface area contributed by atoms with Gasteiger partial charge in [-0.1, -0.05) is 12.1 Å². The molecule has 5 nitrogen and oxygen atoms in total. The molecule has 19 heavy (non-hydrogen) atoms. The first-order valence-electron chi connectivity index (χ1n) is 5.45. The fourth-order valence-electron chi connectivity index (χ4n) is 1.74. The minimum absolute atomic E-state index is 0.206. The average molecular weight is 323 g/mol. The Morgan fingerprint density at radius 2 is 2.00 bits per heavy atom. The van der Waals surface area contributed by atoms with E-state index in [1.54, 1.807) is 22.8 Å². The number of carboxylic acid groups (broad SMARTS) is 1. The zero-order valence-electron chi connectivity index (χ0n) is 9.84. The highest BCUT2D eigenvalue weighted by atomic mass is 79.9. The summed E-state index contributed by atoms with van der Waals surface area (Å²) in [5.74, 6) is -1.47. The lowest BCUT2D eigenvalue weighted by atomic mass is 10.1. The van der Waals surface area contributed by atoms with Crippen molar-refractivity contribution >= 4 is 27.8 Å². The largest absolute Gasteiger partial charge is 0.478 e. The summed E-state index contributed by atoms with van der Waals surface area (Å²) < 4.78 is 2.40. The van der Waals surface area contributed by atoms with Crippen LogP contribution in [0.25, 0.3) is 0 Å². The maximum Gasteiger partial charge on any atom is 0.337 e. The summed E-state index contributed by atoms with van der Waals surface area (Å²) in [4.78, 5) is 22.0. The number of benzene rings is 1. The van der Waals surface area contributed by atoms with E-state index in [-0.39, 0.29) is 5.56 Å². The first kappa shape index (κ1) is 13.4. The van der Waals surface area contributed by atoms with Crippen LogP contribution in [-0.4, -0.2) is 21.6 Å². The molecule has 1 aromatic carbocycles. The van der Waals surface area contributed by atoms with E-state index in [1.807, 2.05) is 6.07 Å². The highest BCUT2D eigenvalue weighted by Gasteiger charge is 2.10. The summed E-state index contributed by atoms with van der Waals surface area (Å²) in [6.07, 6.45) is 1.53. The number of halogens is 1. The molecule has 0 bridgehead atoms. The molecule has 1 aromatic heterocycles. The summed E-state index contributed by atoms with van der Waals surface area (Å²) in [5.41, 5.74) is 6.72. The number of carbonyl (C=O) groups excluding carboxylic acids is 1. The Labute approximate surface area is 117 Å². The van der Waals surface area contributed by atoms with Gasteiger partial charge in [0.15, 0.2) is 0 Å². The van der Waals surface area contributed by atoms with Gasteiger partial charge < -0.3 is 15.4 Å². The fourth-order valence-corrected chi connectivity index (χ4v) is 2.21. The molecule has 0 spiro atoms. The maximum atomic E-state index is 11.1. The Hall–Kier alpha value is -2.08. The number of aromatic nitrogens is 1. The topological polar surface area (TPSA) is 85.3 Å². The van der Waals surface area contributed by atoms with Gasteiger partial charge in [0, 0.05) is 18.3 Å². The molecule has 0 saturated heterocycles. The summed E-state index contributed by atoms with van der Waals surface area (Å²) in [7, 11) is 0. The molecule has 0 fully saturated rings. The molecule has 3 N–H and O–H groups in total. The molecule has 1 amide bonds. The molecule has 2 rings (SSSR count). The second-order valence-corrected chi connectivity index (χ2v) is 4.86. The smallest absolute Gasteiger partial charge is 0.337 e. The van der Waals surface area contributed by atoms with Gasteiger partial charge in [0.1, 0.15) is 0 Å². The lowest BCUT2D eigenvalue weighted by Crippen LogP contribution is -2.11. The Bertz CT molecular complexity index is 649. The van der Waals surface area contributed by atoms with Crippen molar-refractivity contribution in [2.24, 2.45) is 5.73 Å². The molecule has 0 aliphatic rings. The number of carbonyl (C=O) groups is 2. The Morgan fingerprint density at radius 3 is 2.58 bits per heavy atom. The Balaban J connectivity index is 2.28. The van der Waals surface area contributed by atoms with E-state index in [0.29, 0.717) is 16.7 Å². The van der Waals surface area contributed by atoms with E-state index in [1.165, 1.54) is 12.3 Å². The molecule has 0 aliphatic heterocycles. The van der Waals surface area contributed by atoms with Crippen LogP contribution in [0.5, 0.6) is 0 Å². The predicted octanol–water partition coefficient (Wildman–Crippen LogP) is 2.10. The summed E-state index contributed by atoms with van der Waals surface area (Å²) in [5, 5.41) is 8.91. The zero-order chi connectivity index (χ0) is 14.0. The molecule has 0 atom stereocenters. The number of nitrogens with two attached hydrogens (primary N) is 1. The number of amides is 1. The van der Waals surface area contributed by atoms with Crippen LogP contribution >= 0.6 is 15.9 Å². The van der Waals surface area contributed by atoms with Crippen molar-refractivity contribution in [1.82, 2.24) is 4.57 Å². The van der Waals surface area contributed by atoms with E-state index in [0.717, 1.165) is 5.56 Å². The van der Waals surface area contributed by atoms with Crippen LogP contribution in [0, 0.1) is 0 Å². The third-order valence-electron chi connectivity index (χ3n) is 2.66. The number of carboxylic acids is 1. The van der Waals surface area contributed by atoms with Gasteiger partial charge in [-0.05, 0) is 39.7 Å². The first-order chi connectivity index (χ1) is 8.97. The number of aromatic carboxylic acids is 1. The number of hydrogen-bond donors (Lipinski definition) is 2. The van der Waals surface area contributed by atoms with Gasteiger partial charge in [0.2, 0.25) is 5.91 Å². The normalized spacial score (nSPS) is 10.4. The van der Waals surface area contributed by atoms with Crippen molar-refractivity contribution in [3.63, 3.8) is 0 Å². The molecule has 0 aliphatic carbocycles. The molecule has 0 unspecified atom stereocenters. The van der Waals surface area contributed by atoms with Gasteiger partial charge in [0.05, 0.1) is 10.2 Å². The number of nitrogens with zero attached hydrogens (tertiary/aromatic N) is 1. The van der Waals surface area contributed by atoms with Crippen molar-refractivity contribution in [2.45, 2.75) is 6.54 Å². The zero-order valence-corrected chi connectivity index (χ0v) is 11.4. The third-order valence-corrected chi connectivity index (χ3v) is 3.34. The van der Waals surface area contributed by atoms with Crippen molar-refractivity contribution in [1.29, 1.82) is 0 Å². The third kappa shape index (κ3) is 3.03. The van der Waals surface area contributed by atoms with Gasteiger partial charge >= 0.3 is 5.97 Å². The fraction of sp³-hybridized carbons (Fsp3) is 0.0769. The van der Waals surface area contributed by atoms with Gasteiger partial charge in [-0.2, -0.15) is 0 Å². The molecule has 1 heterocycles. The molecular formula is C13H11BrN2O3. The van der Waals surface area contributed by atoms with Crippen molar-refractivity contribution in [3.05, 3.63) is 57.8 Å². The standard InChI is InChI=1S/C13H11BrN2O3/c14-11-5-10(13(18)19)7-16(11)6-8-2-1-3-9(4-8)12(15)17/h1-5,7H,6H2,(H2,15,17)(H,18,19). The number of primary amides is 1.